The topological polar surface area (TPSA) is 15.7 Å². The second-order valence-corrected chi connectivity index (χ2v) is 5.05. The third kappa shape index (κ3) is 2.43. The van der Waals surface area contributed by atoms with Crippen LogP contribution in [0.5, 0.6) is 5.75 Å². The second kappa shape index (κ2) is 5.14. The molecular formula is C14H21FN2O. The van der Waals surface area contributed by atoms with E-state index in [1.807, 2.05) is 13.0 Å². The highest BCUT2D eigenvalue weighted by Gasteiger charge is 2.23. The van der Waals surface area contributed by atoms with E-state index >= 15 is 0 Å². The molecule has 2 rings (SSSR count). The Morgan fingerprint density at radius 1 is 1.33 bits per heavy atom. The van der Waals surface area contributed by atoms with Crippen molar-refractivity contribution in [3.8, 4) is 5.75 Å². The van der Waals surface area contributed by atoms with Gasteiger partial charge in [0.15, 0.2) is 0 Å². The molecule has 1 atom stereocenters. The fourth-order valence-corrected chi connectivity index (χ4v) is 2.37. The number of ether oxygens (including phenoxy) is 1. The van der Waals surface area contributed by atoms with Gasteiger partial charge in [0.25, 0.3) is 0 Å². The molecule has 0 aromatic heterocycles. The molecule has 0 radical (unpaired) electrons. The van der Waals surface area contributed by atoms with E-state index in [9.17, 15) is 4.39 Å². The first-order valence-electron chi connectivity index (χ1n) is 6.32. The summed E-state index contributed by atoms with van der Waals surface area (Å²) in [4.78, 5) is 4.39. The minimum absolute atomic E-state index is 0.162. The molecule has 1 aromatic carbocycles. The number of hydrogen-bond donors (Lipinski definition) is 0. The smallest absolute Gasteiger partial charge is 0.147 e. The number of benzene rings is 1. The molecule has 0 saturated carbocycles. The minimum Gasteiger partial charge on any atom is -0.496 e. The van der Waals surface area contributed by atoms with E-state index in [0.717, 1.165) is 30.9 Å². The summed E-state index contributed by atoms with van der Waals surface area (Å²) in [6.07, 6.45) is 0. The first kappa shape index (κ1) is 13.1. The third-order valence-electron chi connectivity index (χ3n) is 3.76. The van der Waals surface area contributed by atoms with Crippen LogP contribution < -0.4 is 9.64 Å². The Bertz CT molecular complexity index is 436. The maximum Gasteiger partial charge on any atom is 0.147 e. The van der Waals surface area contributed by atoms with Gasteiger partial charge in [0.1, 0.15) is 11.6 Å². The predicted molar refractivity (Wildman–Crippen MR) is 72.0 cm³/mol. The third-order valence-corrected chi connectivity index (χ3v) is 3.76. The standard InChI is InChI=1S/C14H21FN2O/c1-10-7-12(15)13(8-14(10)18-4)17-6-5-16(3)11(2)9-17/h7-8,11H,5-6,9H2,1-4H3. The maximum absolute atomic E-state index is 14.1. The predicted octanol–water partition coefficient (Wildman–Crippen LogP) is 2.28. The first-order valence-corrected chi connectivity index (χ1v) is 6.32. The van der Waals surface area contributed by atoms with Gasteiger partial charge >= 0.3 is 0 Å². The van der Waals surface area contributed by atoms with Crippen molar-refractivity contribution in [2.75, 3.05) is 38.7 Å². The normalized spacial score (nSPS) is 21.2. The molecule has 1 aliphatic heterocycles. The number of piperazine rings is 1. The van der Waals surface area contributed by atoms with Crippen molar-refractivity contribution in [1.82, 2.24) is 4.90 Å². The van der Waals surface area contributed by atoms with Crippen molar-refractivity contribution in [2.24, 2.45) is 0 Å². The van der Waals surface area contributed by atoms with Crippen LogP contribution in [0.15, 0.2) is 12.1 Å². The van der Waals surface area contributed by atoms with Gasteiger partial charge in [-0.25, -0.2) is 4.39 Å². The Hall–Kier alpha value is -1.29. The van der Waals surface area contributed by atoms with Crippen molar-refractivity contribution in [2.45, 2.75) is 19.9 Å². The lowest BCUT2D eigenvalue weighted by atomic mass is 10.1. The van der Waals surface area contributed by atoms with Crippen molar-refractivity contribution in [3.63, 3.8) is 0 Å². The quantitative estimate of drug-likeness (QED) is 0.803. The lowest BCUT2D eigenvalue weighted by molar-refractivity contribution is 0.233. The molecule has 3 nitrogen and oxygen atoms in total. The molecule has 0 amide bonds. The van der Waals surface area contributed by atoms with Crippen molar-refractivity contribution in [1.29, 1.82) is 0 Å². The summed E-state index contributed by atoms with van der Waals surface area (Å²) < 4.78 is 19.3. The van der Waals surface area contributed by atoms with Crippen LogP contribution in [-0.2, 0) is 0 Å². The van der Waals surface area contributed by atoms with Crippen LogP contribution >= 0.6 is 0 Å². The van der Waals surface area contributed by atoms with Crippen molar-refractivity contribution in [3.05, 3.63) is 23.5 Å². The summed E-state index contributed by atoms with van der Waals surface area (Å²) in [5.74, 6) is 0.586. The van der Waals surface area contributed by atoms with E-state index in [4.69, 9.17) is 4.74 Å². The van der Waals surface area contributed by atoms with Gasteiger partial charge < -0.3 is 14.5 Å². The fraction of sp³-hybridized carbons (Fsp3) is 0.571. The van der Waals surface area contributed by atoms with Gasteiger partial charge in [0, 0.05) is 31.7 Å². The molecule has 1 heterocycles. The van der Waals surface area contributed by atoms with Gasteiger partial charge in [0.05, 0.1) is 12.8 Å². The molecule has 0 bridgehead atoms. The SMILES string of the molecule is COc1cc(N2CCN(C)C(C)C2)c(F)cc1C. The van der Waals surface area contributed by atoms with Gasteiger partial charge in [-0.15, -0.1) is 0 Å². The molecule has 1 fully saturated rings. The van der Waals surface area contributed by atoms with Gasteiger partial charge in [-0.05, 0) is 32.5 Å². The molecule has 1 aromatic rings. The zero-order valence-electron chi connectivity index (χ0n) is 11.5. The van der Waals surface area contributed by atoms with Gasteiger partial charge in [-0.2, -0.15) is 0 Å². The minimum atomic E-state index is -0.162. The highest BCUT2D eigenvalue weighted by atomic mass is 19.1. The van der Waals surface area contributed by atoms with E-state index < -0.39 is 0 Å². The summed E-state index contributed by atoms with van der Waals surface area (Å²) in [5.41, 5.74) is 1.48. The molecule has 0 N–H and O–H groups in total. The number of hydrogen-bond acceptors (Lipinski definition) is 3. The Balaban J connectivity index is 2.28. The average Bonchev–Trinajstić information content (AvgIpc) is 2.33. The van der Waals surface area contributed by atoms with E-state index in [-0.39, 0.29) is 5.82 Å². The van der Waals surface area contributed by atoms with E-state index in [1.165, 1.54) is 0 Å². The molecule has 1 unspecified atom stereocenters. The van der Waals surface area contributed by atoms with Gasteiger partial charge in [-0.1, -0.05) is 0 Å². The average molecular weight is 252 g/mol. The molecule has 1 aliphatic rings. The summed E-state index contributed by atoms with van der Waals surface area (Å²) in [6.45, 7) is 6.67. The first-order chi connectivity index (χ1) is 8.52. The number of aryl methyl sites for hydroxylation is 1. The fourth-order valence-electron chi connectivity index (χ4n) is 2.37. The molecule has 4 heteroatoms. The Morgan fingerprint density at radius 2 is 2.06 bits per heavy atom. The molecular weight excluding hydrogens is 231 g/mol. The molecule has 0 spiro atoms. The number of halogens is 1. The number of nitrogens with zero attached hydrogens (tertiary/aromatic N) is 2. The summed E-state index contributed by atoms with van der Waals surface area (Å²) in [6, 6.07) is 3.80. The number of anilines is 1. The zero-order valence-corrected chi connectivity index (χ0v) is 11.5. The monoisotopic (exact) mass is 252 g/mol. The highest BCUT2D eigenvalue weighted by molar-refractivity contribution is 5.55. The number of methoxy groups -OCH3 is 1. The van der Waals surface area contributed by atoms with Crippen LogP contribution in [0.25, 0.3) is 0 Å². The summed E-state index contributed by atoms with van der Waals surface area (Å²) in [7, 11) is 3.73. The van der Waals surface area contributed by atoms with Crippen LogP contribution in [0.4, 0.5) is 10.1 Å². The molecule has 100 valence electrons. The highest BCUT2D eigenvalue weighted by Crippen LogP contribution is 2.29. The molecule has 18 heavy (non-hydrogen) atoms. The van der Waals surface area contributed by atoms with E-state index in [2.05, 4.69) is 23.8 Å². The maximum atomic E-state index is 14.1. The van der Waals surface area contributed by atoms with Crippen LogP contribution in [0.3, 0.4) is 0 Å². The van der Waals surface area contributed by atoms with E-state index in [1.54, 1.807) is 13.2 Å². The largest absolute Gasteiger partial charge is 0.496 e. The van der Waals surface area contributed by atoms with Gasteiger partial charge in [0.2, 0.25) is 0 Å². The van der Waals surface area contributed by atoms with Crippen LogP contribution in [-0.4, -0.2) is 44.7 Å². The second-order valence-electron chi connectivity index (χ2n) is 5.05. The Kier molecular flexibility index (Phi) is 3.76. The van der Waals surface area contributed by atoms with Crippen molar-refractivity contribution >= 4 is 5.69 Å². The lowest BCUT2D eigenvalue weighted by Gasteiger charge is -2.39. The van der Waals surface area contributed by atoms with Crippen molar-refractivity contribution < 1.29 is 9.13 Å². The lowest BCUT2D eigenvalue weighted by Crippen LogP contribution is -2.50. The molecule has 1 saturated heterocycles. The van der Waals surface area contributed by atoms with Crippen LogP contribution in [0.2, 0.25) is 0 Å². The van der Waals surface area contributed by atoms with Crippen LogP contribution in [0.1, 0.15) is 12.5 Å². The number of likely N-dealkylation sites (N-methyl/N-ethyl adjacent to an activating group) is 1. The summed E-state index contributed by atoms with van der Waals surface area (Å²) in [5, 5.41) is 0. The van der Waals surface area contributed by atoms with Crippen LogP contribution in [0, 0.1) is 12.7 Å². The zero-order chi connectivity index (χ0) is 13.3. The van der Waals surface area contributed by atoms with E-state index in [0.29, 0.717) is 11.7 Å². The van der Waals surface area contributed by atoms with Gasteiger partial charge in [-0.3, -0.25) is 0 Å². The number of rotatable bonds is 2. The molecule has 0 aliphatic carbocycles. The Labute approximate surface area is 108 Å². The Morgan fingerprint density at radius 3 is 2.67 bits per heavy atom. The summed E-state index contributed by atoms with van der Waals surface area (Å²) >= 11 is 0.